The Kier molecular flexibility index (Phi) is 3.57. The third kappa shape index (κ3) is 2.39. The van der Waals surface area contributed by atoms with E-state index in [4.69, 9.17) is 5.73 Å². The van der Waals surface area contributed by atoms with Gasteiger partial charge in [0, 0.05) is 12.0 Å². The maximum Gasteiger partial charge on any atom is 0.163 e. The molecule has 4 nitrogen and oxygen atoms in total. The fraction of sp³-hybridized carbons (Fsp3) is 0.462. The number of rotatable bonds is 4. The Hall–Kier alpha value is -1.23. The fourth-order valence-electron chi connectivity index (χ4n) is 2.19. The minimum atomic E-state index is -0.975. The van der Waals surface area contributed by atoms with Crippen LogP contribution in [0.4, 0.5) is 0 Å². The van der Waals surface area contributed by atoms with Crippen LogP contribution in [-0.2, 0) is 6.42 Å². The number of nitrogens with two attached hydrogens (primary N) is 1. The lowest BCUT2D eigenvalue weighted by atomic mass is 9.98. The molecule has 0 aromatic heterocycles. The molecule has 17 heavy (non-hydrogen) atoms. The zero-order valence-corrected chi connectivity index (χ0v) is 9.60. The van der Waals surface area contributed by atoms with Crippen molar-refractivity contribution in [2.24, 2.45) is 5.73 Å². The van der Waals surface area contributed by atoms with Gasteiger partial charge in [0.1, 0.15) is 6.10 Å². The highest BCUT2D eigenvalue weighted by atomic mass is 16.3. The Balaban J connectivity index is 2.22. The van der Waals surface area contributed by atoms with E-state index in [0.717, 1.165) is 12.0 Å². The lowest BCUT2D eigenvalue weighted by Crippen LogP contribution is -2.22. The van der Waals surface area contributed by atoms with E-state index < -0.39 is 12.2 Å². The SMILES string of the molecule is NCCC(O)C(O)c1ccc2c(c1)C(=O)CC2. The van der Waals surface area contributed by atoms with Gasteiger partial charge in [-0.2, -0.15) is 0 Å². The van der Waals surface area contributed by atoms with Crippen molar-refractivity contribution in [3.05, 3.63) is 34.9 Å². The molecule has 2 atom stereocenters. The summed E-state index contributed by atoms with van der Waals surface area (Å²) in [6, 6.07) is 5.31. The number of fused-ring (bicyclic) bond motifs is 1. The zero-order chi connectivity index (χ0) is 12.4. The Morgan fingerprint density at radius 1 is 1.29 bits per heavy atom. The molecule has 4 N–H and O–H groups in total. The van der Waals surface area contributed by atoms with Crippen LogP contribution in [0.1, 0.15) is 40.4 Å². The van der Waals surface area contributed by atoms with Gasteiger partial charge in [0.25, 0.3) is 0 Å². The Morgan fingerprint density at radius 2 is 2.06 bits per heavy atom. The van der Waals surface area contributed by atoms with Gasteiger partial charge in [-0.05, 0) is 36.6 Å². The summed E-state index contributed by atoms with van der Waals surface area (Å²) in [7, 11) is 0. The summed E-state index contributed by atoms with van der Waals surface area (Å²) in [5.74, 6) is 0.113. The van der Waals surface area contributed by atoms with Crippen molar-refractivity contribution in [3.63, 3.8) is 0 Å². The maximum atomic E-state index is 11.6. The van der Waals surface area contributed by atoms with Crippen LogP contribution in [-0.4, -0.2) is 28.6 Å². The second kappa shape index (κ2) is 4.96. The monoisotopic (exact) mass is 235 g/mol. The van der Waals surface area contributed by atoms with E-state index >= 15 is 0 Å². The van der Waals surface area contributed by atoms with Crippen molar-refractivity contribution in [1.29, 1.82) is 0 Å². The molecule has 2 rings (SSSR count). The first-order valence-electron chi connectivity index (χ1n) is 5.85. The van der Waals surface area contributed by atoms with Gasteiger partial charge in [0.2, 0.25) is 0 Å². The van der Waals surface area contributed by atoms with E-state index in [1.54, 1.807) is 12.1 Å². The molecule has 0 spiro atoms. The quantitative estimate of drug-likeness (QED) is 0.712. The summed E-state index contributed by atoms with van der Waals surface area (Å²) in [5.41, 5.74) is 7.62. The average Bonchev–Trinajstić information content (AvgIpc) is 2.70. The summed E-state index contributed by atoms with van der Waals surface area (Å²) in [6.07, 6.45) is -0.200. The third-order valence-corrected chi connectivity index (χ3v) is 3.22. The Labute approximate surface area is 100 Å². The summed E-state index contributed by atoms with van der Waals surface area (Å²) >= 11 is 0. The molecule has 0 aliphatic heterocycles. The maximum absolute atomic E-state index is 11.6. The van der Waals surface area contributed by atoms with Crippen molar-refractivity contribution in [3.8, 4) is 0 Å². The molecule has 1 aromatic rings. The number of Topliss-reactive ketones (excluding diaryl/α,β-unsaturated/α-hetero) is 1. The molecule has 1 aliphatic rings. The van der Waals surface area contributed by atoms with Crippen LogP contribution in [0.5, 0.6) is 0 Å². The van der Waals surface area contributed by atoms with E-state index in [-0.39, 0.29) is 5.78 Å². The molecule has 92 valence electrons. The molecule has 0 bridgehead atoms. The predicted octanol–water partition coefficient (Wildman–Crippen LogP) is 0.559. The minimum absolute atomic E-state index is 0.113. The van der Waals surface area contributed by atoms with Gasteiger partial charge in [0.15, 0.2) is 5.78 Å². The van der Waals surface area contributed by atoms with E-state index in [9.17, 15) is 15.0 Å². The largest absolute Gasteiger partial charge is 0.390 e. The molecule has 0 saturated heterocycles. The summed E-state index contributed by atoms with van der Waals surface area (Å²) in [4.78, 5) is 11.6. The smallest absolute Gasteiger partial charge is 0.163 e. The Morgan fingerprint density at radius 3 is 2.76 bits per heavy atom. The first kappa shape index (κ1) is 12.2. The van der Waals surface area contributed by atoms with Crippen LogP contribution in [0.3, 0.4) is 0 Å². The zero-order valence-electron chi connectivity index (χ0n) is 9.60. The molecule has 0 saturated carbocycles. The van der Waals surface area contributed by atoms with Gasteiger partial charge < -0.3 is 15.9 Å². The van der Waals surface area contributed by atoms with Crippen molar-refractivity contribution in [1.82, 2.24) is 0 Å². The van der Waals surface area contributed by atoms with Crippen LogP contribution in [0.15, 0.2) is 18.2 Å². The van der Waals surface area contributed by atoms with Crippen molar-refractivity contribution in [2.75, 3.05) is 6.54 Å². The number of carbonyl (C=O) groups excluding carboxylic acids is 1. The van der Waals surface area contributed by atoms with Crippen LogP contribution in [0.2, 0.25) is 0 Å². The number of benzene rings is 1. The van der Waals surface area contributed by atoms with Crippen LogP contribution >= 0.6 is 0 Å². The van der Waals surface area contributed by atoms with Crippen LogP contribution < -0.4 is 5.73 Å². The number of hydrogen-bond acceptors (Lipinski definition) is 4. The van der Waals surface area contributed by atoms with Gasteiger partial charge in [0.05, 0.1) is 6.10 Å². The molecule has 0 heterocycles. The highest BCUT2D eigenvalue weighted by molar-refractivity contribution is 6.00. The average molecular weight is 235 g/mol. The Bertz CT molecular complexity index is 431. The normalized spacial score (nSPS) is 17.9. The molecule has 4 heteroatoms. The number of hydrogen-bond donors (Lipinski definition) is 3. The predicted molar refractivity (Wildman–Crippen MR) is 63.7 cm³/mol. The molecule has 0 amide bonds. The van der Waals surface area contributed by atoms with E-state index in [1.807, 2.05) is 6.07 Å². The molecular weight excluding hydrogens is 218 g/mol. The third-order valence-electron chi connectivity index (χ3n) is 3.22. The molecule has 2 unspecified atom stereocenters. The van der Waals surface area contributed by atoms with Crippen molar-refractivity contribution < 1.29 is 15.0 Å². The number of aliphatic hydroxyl groups is 2. The molecule has 0 radical (unpaired) electrons. The second-order valence-corrected chi connectivity index (χ2v) is 4.43. The summed E-state index contributed by atoms with van der Waals surface area (Å²) in [5, 5.41) is 19.6. The summed E-state index contributed by atoms with van der Waals surface area (Å²) in [6.45, 7) is 0.322. The number of ketones is 1. The van der Waals surface area contributed by atoms with E-state index in [1.165, 1.54) is 0 Å². The first-order chi connectivity index (χ1) is 8.13. The topological polar surface area (TPSA) is 83.6 Å². The molecular formula is C13H17NO3. The first-order valence-corrected chi connectivity index (χ1v) is 5.85. The van der Waals surface area contributed by atoms with Gasteiger partial charge in [-0.15, -0.1) is 0 Å². The summed E-state index contributed by atoms with van der Waals surface area (Å²) < 4.78 is 0. The van der Waals surface area contributed by atoms with Crippen molar-refractivity contribution >= 4 is 5.78 Å². The highest BCUT2D eigenvalue weighted by Gasteiger charge is 2.23. The van der Waals surface area contributed by atoms with E-state index in [2.05, 4.69) is 0 Å². The fourth-order valence-corrected chi connectivity index (χ4v) is 2.19. The van der Waals surface area contributed by atoms with Gasteiger partial charge in [-0.25, -0.2) is 0 Å². The van der Waals surface area contributed by atoms with E-state index in [0.29, 0.717) is 30.5 Å². The van der Waals surface area contributed by atoms with Crippen molar-refractivity contribution in [2.45, 2.75) is 31.5 Å². The number of carbonyl (C=O) groups is 1. The second-order valence-electron chi connectivity index (χ2n) is 4.43. The van der Waals surface area contributed by atoms with Gasteiger partial charge >= 0.3 is 0 Å². The standard InChI is InChI=1S/C13H17NO3/c14-6-5-12(16)13(17)9-2-1-8-3-4-11(15)10(8)7-9/h1-2,7,12-13,16-17H,3-6,14H2. The molecule has 1 aliphatic carbocycles. The van der Waals surface area contributed by atoms with Crippen LogP contribution in [0.25, 0.3) is 0 Å². The highest BCUT2D eigenvalue weighted by Crippen LogP contribution is 2.27. The molecule has 1 aromatic carbocycles. The molecule has 0 fully saturated rings. The van der Waals surface area contributed by atoms with Crippen LogP contribution in [0, 0.1) is 0 Å². The number of aliphatic hydroxyl groups excluding tert-OH is 2. The lowest BCUT2D eigenvalue weighted by molar-refractivity contribution is 0.0150. The minimum Gasteiger partial charge on any atom is -0.390 e. The number of aryl methyl sites for hydroxylation is 1. The van der Waals surface area contributed by atoms with Gasteiger partial charge in [-0.1, -0.05) is 12.1 Å². The lowest BCUT2D eigenvalue weighted by Gasteiger charge is -2.18. The van der Waals surface area contributed by atoms with Gasteiger partial charge in [-0.3, -0.25) is 4.79 Å².